The molecule has 0 bridgehead atoms. The number of hydrogen-bond acceptors (Lipinski definition) is 5. The second-order valence-corrected chi connectivity index (χ2v) is 6.81. The Morgan fingerprint density at radius 1 is 1.29 bits per heavy atom. The first-order chi connectivity index (χ1) is 11.7. The van der Waals surface area contributed by atoms with Gasteiger partial charge in [0, 0.05) is 7.05 Å². The number of nitrogens with zero attached hydrogens (tertiary/aromatic N) is 3. The van der Waals surface area contributed by atoms with Crippen LogP contribution < -0.4 is 5.32 Å². The lowest BCUT2D eigenvalue weighted by Crippen LogP contribution is -2.41. The van der Waals surface area contributed by atoms with Crippen molar-refractivity contribution in [2.45, 2.75) is 37.6 Å². The summed E-state index contributed by atoms with van der Waals surface area (Å²) in [7, 11) is 1.55. The van der Waals surface area contributed by atoms with E-state index < -0.39 is 0 Å². The maximum atomic E-state index is 11.5. The number of fused-ring (bicyclic) bond motifs is 2. The van der Waals surface area contributed by atoms with Gasteiger partial charge in [0.2, 0.25) is 0 Å². The fourth-order valence-electron chi connectivity index (χ4n) is 4.14. The molecular formula is C18H22N4O2. The number of piperidine rings is 1. The third kappa shape index (κ3) is 2.60. The summed E-state index contributed by atoms with van der Waals surface area (Å²) in [6.45, 7) is 2.69. The molecule has 1 fully saturated rings. The van der Waals surface area contributed by atoms with Crippen LogP contribution in [0.1, 0.15) is 46.9 Å². The Kier molecular flexibility index (Phi) is 3.84. The predicted molar refractivity (Wildman–Crippen MR) is 88.6 cm³/mol. The van der Waals surface area contributed by atoms with Crippen LogP contribution >= 0.6 is 0 Å². The molecule has 0 atom stereocenters. The summed E-state index contributed by atoms with van der Waals surface area (Å²) in [5, 5.41) is 6.41. The second-order valence-electron chi connectivity index (χ2n) is 6.81. The van der Waals surface area contributed by atoms with Gasteiger partial charge in [-0.3, -0.25) is 9.69 Å². The molecule has 2 heterocycles. The van der Waals surface area contributed by atoms with Crippen LogP contribution in [0.3, 0.4) is 0 Å². The largest absolute Gasteiger partial charge is 0.351 e. The van der Waals surface area contributed by atoms with E-state index in [1.165, 1.54) is 31.2 Å². The maximum Gasteiger partial charge on any atom is 0.315 e. The topological polar surface area (TPSA) is 71.3 Å². The normalized spacial score (nSPS) is 19.4. The van der Waals surface area contributed by atoms with Crippen molar-refractivity contribution in [1.82, 2.24) is 20.4 Å². The molecule has 2 aliphatic rings. The quantitative estimate of drug-likeness (QED) is 0.933. The van der Waals surface area contributed by atoms with Crippen molar-refractivity contribution in [3.05, 3.63) is 47.1 Å². The maximum absolute atomic E-state index is 11.5. The Hall–Kier alpha value is -2.21. The number of hydrogen-bond donors (Lipinski definition) is 1. The van der Waals surface area contributed by atoms with Crippen LogP contribution in [0, 0.1) is 0 Å². The minimum absolute atomic E-state index is 0.0331. The Morgan fingerprint density at radius 3 is 2.88 bits per heavy atom. The molecule has 0 saturated carbocycles. The summed E-state index contributed by atoms with van der Waals surface area (Å²) in [6.07, 6.45) is 4.81. The highest BCUT2D eigenvalue weighted by molar-refractivity contribution is 5.89. The average Bonchev–Trinajstić information content (AvgIpc) is 3.23. The van der Waals surface area contributed by atoms with E-state index in [-0.39, 0.29) is 11.8 Å². The SMILES string of the molecule is CNC(=O)c1nc(CN2CCC3(CCc4ccccc43)CC2)no1. The Balaban J connectivity index is 1.40. The van der Waals surface area contributed by atoms with Crippen LogP contribution in [0.5, 0.6) is 0 Å². The number of amides is 1. The van der Waals surface area contributed by atoms with E-state index in [9.17, 15) is 4.79 Å². The molecule has 6 nitrogen and oxygen atoms in total. The molecule has 1 aromatic heterocycles. The van der Waals surface area contributed by atoms with Crippen LogP contribution in [0.15, 0.2) is 28.8 Å². The highest BCUT2D eigenvalue weighted by atomic mass is 16.5. The van der Waals surface area contributed by atoms with E-state index in [4.69, 9.17) is 4.52 Å². The highest BCUT2D eigenvalue weighted by Crippen LogP contribution is 2.46. The summed E-state index contributed by atoms with van der Waals surface area (Å²) in [4.78, 5) is 18.0. The lowest BCUT2D eigenvalue weighted by molar-refractivity contribution is 0.0919. The van der Waals surface area contributed by atoms with Crippen LogP contribution in [0.2, 0.25) is 0 Å². The fourth-order valence-corrected chi connectivity index (χ4v) is 4.14. The minimum Gasteiger partial charge on any atom is -0.351 e. The molecule has 1 N–H and O–H groups in total. The molecule has 1 spiro atoms. The number of carbonyl (C=O) groups is 1. The monoisotopic (exact) mass is 326 g/mol. The Bertz CT molecular complexity index is 747. The average molecular weight is 326 g/mol. The van der Waals surface area contributed by atoms with Gasteiger partial charge in [-0.25, -0.2) is 0 Å². The van der Waals surface area contributed by atoms with Crippen LogP contribution in [0.4, 0.5) is 0 Å². The zero-order chi connectivity index (χ0) is 16.6. The number of likely N-dealkylation sites (tertiary alicyclic amines) is 1. The molecule has 4 rings (SSSR count). The summed E-state index contributed by atoms with van der Waals surface area (Å²) in [6, 6.07) is 8.90. The predicted octanol–water partition coefficient (Wildman–Crippen LogP) is 1.91. The standard InChI is InChI=1S/C18H22N4O2/c1-19-16(23)17-20-15(21-24-17)12-22-10-8-18(9-11-22)7-6-13-4-2-3-5-14(13)18/h2-5H,6-12H2,1H3,(H,19,23). The first kappa shape index (κ1) is 15.3. The minimum atomic E-state index is -0.339. The number of aromatic nitrogens is 2. The van der Waals surface area contributed by atoms with Crippen LogP contribution in [-0.2, 0) is 18.4 Å². The number of carbonyl (C=O) groups excluding carboxylic acids is 1. The van der Waals surface area contributed by atoms with Crippen molar-refractivity contribution in [1.29, 1.82) is 0 Å². The molecule has 1 aliphatic heterocycles. The first-order valence-corrected chi connectivity index (χ1v) is 8.56. The number of rotatable bonds is 3. The van der Waals surface area contributed by atoms with Crippen molar-refractivity contribution in [2.24, 2.45) is 0 Å². The molecule has 6 heteroatoms. The van der Waals surface area contributed by atoms with Crippen molar-refractivity contribution in [2.75, 3.05) is 20.1 Å². The third-order valence-corrected chi connectivity index (χ3v) is 5.53. The first-order valence-electron chi connectivity index (χ1n) is 8.56. The molecule has 1 saturated heterocycles. The van der Waals surface area contributed by atoms with E-state index in [0.29, 0.717) is 17.8 Å². The van der Waals surface area contributed by atoms with Crippen LogP contribution in [-0.4, -0.2) is 41.1 Å². The Labute approximate surface area is 141 Å². The Morgan fingerprint density at radius 2 is 2.08 bits per heavy atom. The fraction of sp³-hybridized carbons (Fsp3) is 0.500. The van der Waals surface area contributed by atoms with E-state index in [1.807, 2.05) is 0 Å². The van der Waals surface area contributed by atoms with Crippen molar-refractivity contribution in [3.8, 4) is 0 Å². The molecule has 24 heavy (non-hydrogen) atoms. The summed E-state index contributed by atoms with van der Waals surface area (Å²) < 4.78 is 5.00. The highest BCUT2D eigenvalue weighted by Gasteiger charge is 2.40. The molecular weight excluding hydrogens is 304 g/mol. The van der Waals surface area contributed by atoms with Gasteiger partial charge in [0.05, 0.1) is 6.54 Å². The van der Waals surface area contributed by atoms with Gasteiger partial charge in [0.25, 0.3) is 0 Å². The molecule has 2 aromatic rings. The molecule has 1 aromatic carbocycles. The lowest BCUT2D eigenvalue weighted by Gasteiger charge is -2.39. The van der Waals surface area contributed by atoms with Crippen molar-refractivity contribution >= 4 is 5.91 Å². The lowest BCUT2D eigenvalue weighted by atomic mass is 9.74. The van der Waals surface area contributed by atoms with Crippen molar-refractivity contribution < 1.29 is 9.32 Å². The molecule has 0 unspecified atom stereocenters. The summed E-state index contributed by atoms with van der Waals surface area (Å²) in [5.74, 6) is 0.274. The smallest absolute Gasteiger partial charge is 0.315 e. The zero-order valence-electron chi connectivity index (χ0n) is 13.9. The number of aryl methyl sites for hydroxylation is 1. The summed E-state index contributed by atoms with van der Waals surface area (Å²) >= 11 is 0. The number of benzene rings is 1. The van der Waals surface area contributed by atoms with E-state index in [2.05, 4.69) is 44.6 Å². The van der Waals surface area contributed by atoms with Gasteiger partial charge < -0.3 is 9.84 Å². The van der Waals surface area contributed by atoms with Gasteiger partial charge in [0.1, 0.15) is 0 Å². The summed E-state index contributed by atoms with van der Waals surface area (Å²) in [5.41, 5.74) is 3.45. The van der Waals surface area contributed by atoms with Gasteiger partial charge >= 0.3 is 11.8 Å². The van der Waals surface area contributed by atoms with Gasteiger partial charge in [0.15, 0.2) is 5.82 Å². The number of nitrogens with one attached hydrogen (secondary N) is 1. The zero-order valence-corrected chi connectivity index (χ0v) is 13.9. The van der Waals surface area contributed by atoms with Gasteiger partial charge in [-0.15, -0.1) is 0 Å². The third-order valence-electron chi connectivity index (χ3n) is 5.53. The molecule has 1 amide bonds. The molecule has 0 radical (unpaired) electrons. The molecule has 126 valence electrons. The van der Waals surface area contributed by atoms with Gasteiger partial charge in [-0.05, 0) is 55.3 Å². The van der Waals surface area contributed by atoms with E-state index in [1.54, 1.807) is 12.6 Å². The second kappa shape index (κ2) is 6.02. The van der Waals surface area contributed by atoms with E-state index >= 15 is 0 Å². The molecule has 1 aliphatic carbocycles. The van der Waals surface area contributed by atoms with E-state index in [0.717, 1.165) is 13.1 Å². The van der Waals surface area contributed by atoms with Crippen LogP contribution in [0.25, 0.3) is 0 Å². The van der Waals surface area contributed by atoms with Gasteiger partial charge in [-0.2, -0.15) is 4.98 Å². The van der Waals surface area contributed by atoms with Gasteiger partial charge in [-0.1, -0.05) is 29.4 Å². The van der Waals surface area contributed by atoms with Crippen molar-refractivity contribution in [3.63, 3.8) is 0 Å².